The summed E-state index contributed by atoms with van der Waals surface area (Å²) in [4.78, 5) is 0. The smallest absolute Gasteiger partial charge is 0.0562 e. The second-order valence-electron chi connectivity index (χ2n) is 11.8. The molecule has 3 aromatic heterocycles. The molecular weight excluding hydrogens is 565 g/mol. The minimum Gasteiger partial charge on any atom is -0.309 e. The Morgan fingerprint density at radius 2 is 0.911 bits per heavy atom. The van der Waals surface area contributed by atoms with Crippen LogP contribution in [0.4, 0.5) is 0 Å². The van der Waals surface area contributed by atoms with E-state index in [1.54, 1.807) is 0 Å². The summed E-state index contributed by atoms with van der Waals surface area (Å²) in [6.07, 6.45) is 0. The van der Waals surface area contributed by atoms with E-state index in [1.807, 2.05) is 11.3 Å². The van der Waals surface area contributed by atoms with Crippen LogP contribution in [0.25, 0.3) is 86.3 Å². The van der Waals surface area contributed by atoms with Crippen LogP contribution in [0, 0.1) is 0 Å². The normalized spacial score (nSPS) is 12.0. The first kappa shape index (κ1) is 24.8. The molecule has 0 saturated heterocycles. The zero-order chi connectivity index (χ0) is 29.5. The maximum absolute atomic E-state index is 2.43. The molecule has 3 heterocycles. The molecule has 45 heavy (non-hydrogen) atoms. The molecule has 0 aliphatic rings. The fraction of sp³-hybridized carbons (Fsp3) is 0. The van der Waals surface area contributed by atoms with Gasteiger partial charge < -0.3 is 9.13 Å². The van der Waals surface area contributed by atoms with Gasteiger partial charge in [0, 0.05) is 53.1 Å². The number of thiophene rings is 1. The Labute approximate surface area is 263 Å². The van der Waals surface area contributed by atoms with Crippen molar-refractivity contribution in [3.63, 3.8) is 0 Å². The van der Waals surface area contributed by atoms with Crippen LogP contribution in [0.2, 0.25) is 0 Å². The minimum atomic E-state index is 1.16. The lowest BCUT2D eigenvalue weighted by atomic mass is 9.99. The number of aromatic nitrogens is 2. The van der Waals surface area contributed by atoms with Crippen LogP contribution in [0.15, 0.2) is 158 Å². The summed E-state index contributed by atoms with van der Waals surface area (Å²) in [7, 11) is 0. The third-order valence-corrected chi connectivity index (χ3v) is 10.5. The third-order valence-electron chi connectivity index (χ3n) is 9.32. The molecule has 2 nitrogen and oxygen atoms in total. The van der Waals surface area contributed by atoms with Gasteiger partial charge in [-0.15, -0.1) is 11.3 Å². The van der Waals surface area contributed by atoms with Gasteiger partial charge in [0.25, 0.3) is 0 Å². The lowest BCUT2D eigenvalue weighted by Gasteiger charge is -2.11. The Kier molecular flexibility index (Phi) is 5.19. The molecule has 0 fully saturated rings. The highest BCUT2D eigenvalue weighted by atomic mass is 32.1. The van der Waals surface area contributed by atoms with E-state index in [4.69, 9.17) is 0 Å². The van der Waals surface area contributed by atoms with Crippen molar-refractivity contribution in [1.82, 2.24) is 9.13 Å². The van der Waals surface area contributed by atoms with Crippen LogP contribution in [-0.2, 0) is 0 Å². The van der Waals surface area contributed by atoms with Gasteiger partial charge in [0.2, 0.25) is 0 Å². The summed E-state index contributed by atoms with van der Waals surface area (Å²) in [6, 6.07) is 57.6. The van der Waals surface area contributed by atoms with Crippen molar-refractivity contribution in [3.8, 4) is 22.5 Å². The SMILES string of the molecule is c1ccc(-n2c3ccccc3c3cc4c5ccccc5n(-c5ccc(-c6cccc7sc8ccccc8c67)cc5)c4cc32)cc1. The van der Waals surface area contributed by atoms with Crippen LogP contribution in [0.1, 0.15) is 0 Å². The van der Waals surface area contributed by atoms with E-state index >= 15 is 0 Å². The Morgan fingerprint density at radius 3 is 1.60 bits per heavy atom. The summed E-state index contributed by atoms with van der Waals surface area (Å²) in [6.45, 7) is 0. The van der Waals surface area contributed by atoms with E-state index in [9.17, 15) is 0 Å². The van der Waals surface area contributed by atoms with Crippen molar-refractivity contribution in [2.24, 2.45) is 0 Å². The summed E-state index contributed by atoms with van der Waals surface area (Å²) >= 11 is 1.87. The van der Waals surface area contributed by atoms with E-state index < -0.39 is 0 Å². The Balaban J connectivity index is 1.23. The van der Waals surface area contributed by atoms with Crippen molar-refractivity contribution in [2.45, 2.75) is 0 Å². The fourth-order valence-corrected chi connectivity index (χ4v) is 8.50. The highest BCUT2D eigenvalue weighted by molar-refractivity contribution is 7.25. The molecule has 0 unspecified atom stereocenters. The summed E-state index contributed by atoms with van der Waals surface area (Å²) in [5.41, 5.74) is 9.72. The maximum Gasteiger partial charge on any atom is 0.0562 e. The largest absolute Gasteiger partial charge is 0.309 e. The molecule has 0 radical (unpaired) electrons. The van der Waals surface area contributed by atoms with Crippen molar-refractivity contribution >= 4 is 75.1 Å². The van der Waals surface area contributed by atoms with Gasteiger partial charge in [-0.05, 0) is 71.8 Å². The second kappa shape index (κ2) is 9.43. The Hall–Kier alpha value is -5.64. The number of benzene rings is 7. The van der Waals surface area contributed by atoms with E-state index in [-0.39, 0.29) is 0 Å². The number of fused-ring (bicyclic) bond motifs is 9. The molecule has 0 spiro atoms. The average Bonchev–Trinajstić information content (AvgIpc) is 3.75. The molecule has 10 rings (SSSR count). The fourth-order valence-electron chi connectivity index (χ4n) is 7.37. The van der Waals surface area contributed by atoms with Gasteiger partial charge in [0.15, 0.2) is 0 Å². The van der Waals surface area contributed by atoms with Crippen LogP contribution in [0.5, 0.6) is 0 Å². The van der Waals surface area contributed by atoms with Gasteiger partial charge >= 0.3 is 0 Å². The maximum atomic E-state index is 2.43. The van der Waals surface area contributed by atoms with Gasteiger partial charge in [0.05, 0.1) is 22.1 Å². The van der Waals surface area contributed by atoms with Gasteiger partial charge in [-0.3, -0.25) is 0 Å². The van der Waals surface area contributed by atoms with Crippen LogP contribution < -0.4 is 0 Å². The van der Waals surface area contributed by atoms with Crippen molar-refractivity contribution < 1.29 is 0 Å². The molecule has 0 N–H and O–H groups in total. The average molecular weight is 591 g/mol. The standard InChI is InChI=1S/C42H26N2S/c1-2-11-28(12-3-1)43-36-17-7-4-13-31(36)34-25-35-32-14-5-8-18-37(32)44(39(35)26-38(34)43)29-23-21-27(22-24-29)30-16-10-20-41-42(30)33-15-6-9-19-40(33)45-41/h1-26H. The van der Waals surface area contributed by atoms with Crippen LogP contribution in [0.3, 0.4) is 0 Å². The zero-order valence-corrected chi connectivity index (χ0v) is 25.1. The van der Waals surface area contributed by atoms with Gasteiger partial charge in [0.1, 0.15) is 0 Å². The molecule has 0 aliphatic heterocycles. The van der Waals surface area contributed by atoms with Gasteiger partial charge in [-0.25, -0.2) is 0 Å². The molecule has 0 bridgehead atoms. The van der Waals surface area contributed by atoms with E-state index in [0.29, 0.717) is 0 Å². The molecule has 210 valence electrons. The molecule has 3 heteroatoms. The zero-order valence-electron chi connectivity index (χ0n) is 24.3. The van der Waals surface area contributed by atoms with Crippen molar-refractivity contribution in [3.05, 3.63) is 158 Å². The predicted octanol–water partition coefficient (Wildman–Crippen LogP) is 11.9. The number of para-hydroxylation sites is 3. The number of nitrogens with zero attached hydrogens (tertiary/aromatic N) is 2. The van der Waals surface area contributed by atoms with Gasteiger partial charge in [-0.2, -0.15) is 0 Å². The third kappa shape index (κ3) is 3.56. The molecule has 0 aliphatic carbocycles. The van der Waals surface area contributed by atoms with Crippen molar-refractivity contribution in [1.29, 1.82) is 0 Å². The highest BCUT2D eigenvalue weighted by Crippen LogP contribution is 2.42. The summed E-state index contributed by atoms with van der Waals surface area (Å²) < 4.78 is 7.50. The number of rotatable bonds is 3. The van der Waals surface area contributed by atoms with E-state index in [1.165, 1.54) is 80.6 Å². The molecule has 0 saturated carbocycles. The van der Waals surface area contributed by atoms with Gasteiger partial charge in [-0.1, -0.05) is 97.1 Å². The molecule has 0 amide bonds. The Morgan fingerprint density at radius 1 is 0.356 bits per heavy atom. The first-order valence-electron chi connectivity index (χ1n) is 15.4. The minimum absolute atomic E-state index is 1.16. The summed E-state index contributed by atoms with van der Waals surface area (Å²) in [5.74, 6) is 0. The topological polar surface area (TPSA) is 9.86 Å². The van der Waals surface area contributed by atoms with Crippen molar-refractivity contribution in [2.75, 3.05) is 0 Å². The number of hydrogen-bond acceptors (Lipinski definition) is 1. The monoisotopic (exact) mass is 590 g/mol. The quantitative estimate of drug-likeness (QED) is 0.194. The van der Waals surface area contributed by atoms with E-state index in [0.717, 1.165) is 5.69 Å². The Bertz CT molecular complexity index is 2740. The second-order valence-corrected chi connectivity index (χ2v) is 12.8. The van der Waals surface area contributed by atoms with Crippen LogP contribution in [-0.4, -0.2) is 9.13 Å². The lowest BCUT2D eigenvalue weighted by molar-refractivity contribution is 1.16. The summed E-state index contributed by atoms with van der Waals surface area (Å²) in [5, 5.41) is 7.76. The molecule has 7 aromatic carbocycles. The highest BCUT2D eigenvalue weighted by Gasteiger charge is 2.18. The lowest BCUT2D eigenvalue weighted by Crippen LogP contribution is -1.95. The first-order chi connectivity index (χ1) is 22.3. The van der Waals surface area contributed by atoms with Crippen LogP contribution >= 0.6 is 11.3 Å². The first-order valence-corrected chi connectivity index (χ1v) is 16.2. The molecule has 10 aromatic rings. The number of hydrogen-bond donors (Lipinski definition) is 0. The molecular formula is C42H26N2S. The molecule has 0 atom stereocenters. The predicted molar refractivity (Wildman–Crippen MR) is 193 cm³/mol. The van der Waals surface area contributed by atoms with E-state index in [2.05, 4.69) is 167 Å².